The topological polar surface area (TPSA) is 168 Å². The van der Waals surface area contributed by atoms with Gasteiger partial charge in [0.15, 0.2) is 11.2 Å². The van der Waals surface area contributed by atoms with Crippen LogP contribution in [0.2, 0.25) is 0 Å². The number of aliphatic carboxylic acids is 1. The first-order valence-electron chi connectivity index (χ1n) is 8.44. The Morgan fingerprint density at radius 2 is 2.30 bits per heavy atom. The number of β-lactam (4-membered cyclic amide) rings is 1. The van der Waals surface area contributed by atoms with E-state index in [-0.39, 0.29) is 23.6 Å². The summed E-state index contributed by atoms with van der Waals surface area (Å²) in [5, 5.41) is 11.1. The van der Waals surface area contributed by atoms with Gasteiger partial charge in [0, 0.05) is 19.0 Å². The maximum Gasteiger partial charge on any atom is 0.356 e. The summed E-state index contributed by atoms with van der Waals surface area (Å²) in [5.41, 5.74) is 3.77. The number of nitrogens with one attached hydrogen (secondary N) is 2. The molecule has 0 spiro atoms. The number of halogens is 1. The number of esters is 1. The number of H-pyrrole nitrogens is 1. The molecule has 1 aromatic heterocycles. The van der Waals surface area contributed by atoms with E-state index in [9.17, 15) is 28.7 Å². The van der Waals surface area contributed by atoms with Gasteiger partial charge in [0.05, 0.1) is 11.9 Å². The van der Waals surface area contributed by atoms with E-state index < -0.39 is 52.5 Å². The molecule has 0 aliphatic carbocycles. The Morgan fingerprint density at radius 3 is 2.83 bits per heavy atom. The maximum absolute atomic E-state index is 13.0. The minimum atomic E-state index is -1.91. The van der Waals surface area contributed by atoms with Gasteiger partial charge >= 0.3 is 11.9 Å². The summed E-state index contributed by atoms with van der Waals surface area (Å²) in [6.07, 6.45) is 5.38. The number of nitrogens with two attached hydrogens (primary N) is 1. The van der Waals surface area contributed by atoms with Gasteiger partial charge in [-0.3, -0.25) is 19.3 Å². The second-order valence-electron chi connectivity index (χ2n) is 6.52. The number of amides is 2. The quantitative estimate of drug-likeness (QED) is 0.240. The SMILES string of the molecule is C#CC(N)(Cc1cnc(F)[nH]1)C(=O)NC1C(=O)N2C(C(=O)O)=C(OC(C)=O)CSC12. The smallest absolute Gasteiger partial charge is 0.356 e. The predicted molar refractivity (Wildman–Crippen MR) is 99.5 cm³/mol. The second-order valence-corrected chi connectivity index (χ2v) is 7.63. The largest absolute Gasteiger partial charge is 0.476 e. The summed E-state index contributed by atoms with van der Waals surface area (Å²) >= 11 is 1.10. The van der Waals surface area contributed by atoms with Crippen molar-refractivity contribution in [2.24, 2.45) is 5.73 Å². The maximum atomic E-state index is 13.0. The highest BCUT2D eigenvalue weighted by atomic mass is 32.2. The van der Waals surface area contributed by atoms with Gasteiger partial charge in [0.2, 0.25) is 0 Å². The first-order chi connectivity index (χ1) is 14.1. The zero-order valence-corrected chi connectivity index (χ0v) is 16.3. The summed E-state index contributed by atoms with van der Waals surface area (Å²) in [6.45, 7) is 1.11. The lowest BCUT2D eigenvalue weighted by Crippen LogP contribution is -2.72. The fourth-order valence-corrected chi connectivity index (χ4v) is 4.28. The third-order valence-corrected chi connectivity index (χ3v) is 5.67. The van der Waals surface area contributed by atoms with E-state index in [0.29, 0.717) is 0 Å². The molecule has 2 aliphatic heterocycles. The van der Waals surface area contributed by atoms with Gasteiger partial charge in [-0.25, -0.2) is 9.78 Å². The molecule has 3 unspecified atom stereocenters. The molecular weight excluding hydrogens is 421 g/mol. The average Bonchev–Trinajstić information content (AvgIpc) is 3.08. The molecule has 1 aromatic rings. The molecule has 0 bridgehead atoms. The number of ether oxygens (including phenoxy) is 1. The highest BCUT2D eigenvalue weighted by molar-refractivity contribution is 8.00. The van der Waals surface area contributed by atoms with Crippen molar-refractivity contribution in [1.82, 2.24) is 20.2 Å². The lowest BCUT2D eigenvalue weighted by Gasteiger charge is -2.49. The van der Waals surface area contributed by atoms with Crippen molar-refractivity contribution < 1.29 is 33.4 Å². The molecular formula is C17H16FN5O6S. The highest BCUT2D eigenvalue weighted by Crippen LogP contribution is 2.40. The van der Waals surface area contributed by atoms with Gasteiger partial charge in [0.25, 0.3) is 17.9 Å². The lowest BCUT2D eigenvalue weighted by atomic mass is 9.93. The minimum absolute atomic E-state index is 0.00163. The van der Waals surface area contributed by atoms with Crippen LogP contribution in [0.25, 0.3) is 0 Å². The van der Waals surface area contributed by atoms with Crippen molar-refractivity contribution in [3.05, 3.63) is 29.4 Å². The summed E-state index contributed by atoms with van der Waals surface area (Å²) in [7, 11) is 0. The molecule has 11 nitrogen and oxygen atoms in total. The molecule has 1 fully saturated rings. The summed E-state index contributed by atoms with van der Waals surface area (Å²) in [5.74, 6) is -1.80. The fourth-order valence-electron chi connectivity index (χ4n) is 3.03. The number of thioether (sulfide) groups is 1. The normalized spacial score (nSPS) is 22.3. The Labute approximate surface area is 173 Å². The number of carbonyl (C=O) groups is 4. The summed E-state index contributed by atoms with van der Waals surface area (Å²) in [6, 6.07) is -1.09. The Balaban J connectivity index is 1.76. The standard InChI is InChI=1S/C17H16FN5O6S/c1-3-17(19,4-8-5-20-16(18)21-8)15(28)22-10-12(25)23-11(14(26)27)9(29-7(2)24)6-30-13(10)23/h1,5,10,13H,4,6,19H2,2H3,(H,20,21)(H,22,28)(H,26,27). The van der Waals surface area contributed by atoms with Crippen LogP contribution in [0.15, 0.2) is 17.7 Å². The Bertz CT molecular complexity index is 1020. The van der Waals surface area contributed by atoms with Crippen molar-refractivity contribution in [2.45, 2.75) is 30.3 Å². The predicted octanol–water partition coefficient (Wildman–Crippen LogP) is -1.32. The molecule has 3 heterocycles. The van der Waals surface area contributed by atoms with Crippen LogP contribution in [-0.2, 0) is 30.3 Å². The Morgan fingerprint density at radius 1 is 1.60 bits per heavy atom. The summed E-state index contributed by atoms with van der Waals surface area (Å²) < 4.78 is 17.9. The Kier molecular flexibility index (Phi) is 5.55. The number of rotatable bonds is 6. The molecule has 0 radical (unpaired) electrons. The molecule has 3 atom stereocenters. The van der Waals surface area contributed by atoms with E-state index in [1.54, 1.807) is 0 Å². The van der Waals surface area contributed by atoms with Crippen LogP contribution in [0.5, 0.6) is 0 Å². The molecule has 3 rings (SSSR count). The van der Waals surface area contributed by atoms with Gasteiger partial charge in [-0.05, 0) is 0 Å². The van der Waals surface area contributed by atoms with Gasteiger partial charge in [0.1, 0.15) is 17.2 Å². The van der Waals surface area contributed by atoms with Crippen LogP contribution >= 0.6 is 11.8 Å². The molecule has 0 aromatic carbocycles. The van der Waals surface area contributed by atoms with Crippen molar-refractivity contribution in [3.8, 4) is 12.3 Å². The molecule has 1 saturated heterocycles. The number of imidazole rings is 1. The van der Waals surface area contributed by atoms with Crippen LogP contribution in [0.1, 0.15) is 12.6 Å². The number of hydrogen-bond donors (Lipinski definition) is 4. The molecule has 158 valence electrons. The van der Waals surface area contributed by atoms with Crippen molar-refractivity contribution >= 4 is 35.5 Å². The van der Waals surface area contributed by atoms with E-state index >= 15 is 0 Å². The van der Waals surface area contributed by atoms with Gasteiger partial charge in [-0.15, -0.1) is 18.2 Å². The molecule has 2 amide bonds. The number of aromatic nitrogens is 2. The average molecular weight is 437 g/mol. The van der Waals surface area contributed by atoms with E-state index in [0.717, 1.165) is 29.8 Å². The molecule has 30 heavy (non-hydrogen) atoms. The van der Waals surface area contributed by atoms with Gasteiger partial charge in [-0.2, -0.15) is 4.39 Å². The van der Waals surface area contributed by atoms with Crippen molar-refractivity contribution in [1.29, 1.82) is 0 Å². The highest BCUT2D eigenvalue weighted by Gasteiger charge is 2.55. The minimum Gasteiger partial charge on any atom is -0.476 e. The van der Waals surface area contributed by atoms with Crippen LogP contribution < -0.4 is 11.1 Å². The molecule has 13 heteroatoms. The van der Waals surface area contributed by atoms with Crippen LogP contribution in [-0.4, -0.2) is 66.4 Å². The zero-order valence-electron chi connectivity index (χ0n) is 15.5. The third-order valence-electron chi connectivity index (χ3n) is 4.42. The van der Waals surface area contributed by atoms with Crippen LogP contribution in [0.3, 0.4) is 0 Å². The number of nitrogens with zero attached hydrogens (tertiary/aromatic N) is 2. The van der Waals surface area contributed by atoms with E-state index in [1.165, 1.54) is 0 Å². The molecule has 0 saturated carbocycles. The van der Waals surface area contributed by atoms with E-state index in [4.69, 9.17) is 16.9 Å². The van der Waals surface area contributed by atoms with E-state index in [1.807, 2.05) is 0 Å². The number of fused-ring (bicyclic) bond motifs is 1. The number of carboxylic acid groups (broad SMARTS) is 1. The number of terminal acetylenes is 1. The monoisotopic (exact) mass is 437 g/mol. The number of carbonyl (C=O) groups excluding carboxylic acids is 3. The Hall–Kier alpha value is -3.37. The summed E-state index contributed by atoms with van der Waals surface area (Å²) in [4.78, 5) is 54.6. The number of hydrogen-bond acceptors (Lipinski definition) is 8. The first kappa shape index (κ1) is 21.3. The lowest BCUT2D eigenvalue weighted by molar-refractivity contribution is -0.152. The number of aromatic amines is 1. The van der Waals surface area contributed by atoms with E-state index in [2.05, 4.69) is 21.2 Å². The number of carboxylic acids is 1. The van der Waals surface area contributed by atoms with Crippen molar-refractivity contribution in [3.63, 3.8) is 0 Å². The van der Waals surface area contributed by atoms with Crippen molar-refractivity contribution in [2.75, 3.05) is 5.75 Å². The molecule has 2 aliphatic rings. The second kappa shape index (κ2) is 7.81. The van der Waals surface area contributed by atoms with Gasteiger partial charge in [-0.1, -0.05) is 5.92 Å². The third kappa shape index (κ3) is 3.74. The first-order valence-corrected chi connectivity index (χ1v) is 9.49. The zero-order chi connectivity index (χ0) is 22.2. The van der Waals surface area contributed by atoms with Gasteiger partial charge < -0.3 is 25.9 Å². The van der Waals surface area contributed by atoms with Crippen LogP contribution in [0.4, 0.5) is 4.39 Å². The van der Waals surface area contributed by atoms with Crippen LogP contribution in [0, 0.1) is 18.4 Å². The molecule has 5 N–H and O–H groups in total. The fraction of sp³-hybridized carbons (Fsp3) is 0.353.